The highest BCUT2D eigenvalue weighted by molar-refractivity contribution is 5.32. The highest BCUT2D eigenvalue weighted by atomic mass is 16.5. The zero-order chi connectivity index (χ0) is 17.8. The van der Waals surface area contributed by atoms with E-state index < -0.39 is 0 Å². The van der Waals surface area contributed by atoms with E-state index in [1.165, 1.54) is 31.4 Å². The molecule has 0 unspecified atom stereocenters. The van der Waals surface area contributed by atoms with Gasteiger partial charge in [0.05, 0.1) is 19.1 Å². The van der Waals surface area contributed by atoms with Gasteiger partial charge in [0.2, 0.25) is 11.8 Å². The number of hydrogen-bond donors (Lipinski definition) is 0. The van der Waals surface area contributed by atoms with Crippen molar-refractivity contribution < 1.29 is 14.0 Å². The molecule has 1 aliphatic carbocycles. The number of methoxy groups -OCH3 is 1. The van der Waals surface area contributed by atoms with Crippen molar-refractivity contribution in [3.05, 3.63) is 29.7 Å². The molecule has 0 N–H and O–H groups in total. The molecule has 1 saturated carbocycles. The van der Waals surface area contributed by atoms with Gasteiger partial charge in [0.1, 0.15) is 6.61 Å². The summed E-state index contributed by atoms with van der Waals surface area (Å²) in [5.41, 5.74) is 1.18. The summed E-state index contributed by atoms with van der Waals surface area (Å²) in [6.45, 7) is 2.50. The van der Waals surface area contributed by atoms with Crippen LogP contribution in [0.3, 0.4) is 0 Å². The molecule has 0 radical (unpaired) electrons. The number of nitrogens with zero attached hydrogens (tertiary/aromatic N) is 5. The molecule has 1 atom stereocenters. The van der Waals surface area contributed by atoms with Crippen LogP contribution in [0.2, 0.25) is 0 Å². The van der Waals surface area contributed by atoms with E-state index >= 15 is 0 Å². The van der Waals surface area contributed by atoms with Gasteiger partial charge in [-0.05, 0) is 18.9 Å². The Bertz CT molecular complexity index is 716. The average molecular weight is 359 g/mol. The highest BCUT2D eigenvalue weighted by Gasteiger charge is 2.26. The van der Waals surface area contributed by atoms with E-state index in [-0.39, 0.29) is 6.10 Å². The zero-order valence-electron chi connectivity index (χ0n) is 15.1. The van der Waals surface area contributed by atoms with E-state index in [1.54, 1.807) is 7.11 Å². The summed E-state index contributed by atoms with van der Waals surface area (Å²) < 4.78 is 16.2. The fourth-order valence-electron chi connectivity index (χ4n) is 3.74. The van der Waals surface area contributed by atoms with Gasteiger partial charge in [0.25, 0.3) is 0 Å². The van der Waals surface area contributed by atoms with Crippen LogP contribution < -0.4 is 4.90 Å². The second kappa shape index (κ2) is 8.09. The molecule has 1 aliphatic heterocycles. The van der Waals surface area contributed by atoms with Crippen LogP contribution in [0.1, 0.15) is 49.0 Å². The molecular formula is C18H25N5O3. The molecule has 0 amide bonds. The van der Waals surface area contributed by atoms with Crippen LogP contribution >= 0.6 is 0 Å². The molecule has 26 heavy (non-hydrogen) atoms. The number of morpholine rings is 1. The van der Waals surface area contributed by atoms with Gasteiger partial charge in [-0.3, -0.25) is 0 Å². The minimum absolute atomic E-state index is 0.0154. The standard InChI is InChI=1S/C18H25N5O3/c1-24-12-16-21-17(26-22-16)10-14-11-23(8-9-25-14)18-19-7-6-15(20-18)13-4-2-3-5-13/h6-7,13-14H,2-5,8-12H2,1H3/t14-/m0/s1. The number of hydrogen-bond acceptors (Lipinski definition) is 8. The predicted molar refractivity (Wildman–Crippen MR) is 93.9 cm³/mol. The summed E-state index contributed by atoms with van der Waals surface area (Å²) in [7, 11) is 1.61. The van der Waals surface area contributed by atoms with Crippen LogP contribution in [0.25, 0.3) is 0 Å². The lowest BCUT2D eigenvalue weighted by atomic mass is 10.0. The molecule has 0 bridgehead atoms. The molecule has 2 aliphatic rings. The molecule has 4 rings (SSSR count). The van der Waals surface area contributed by atoms with Gasteiger partial charge in [0, 0.05) is 38.0 Å². The van der Waals surface area contributed by atoms with Crippen molar-refractivity contribution in [2.24, 2.45) is 0 Å². The van der Waals surface area contributed by atoms with E-state index in [2.05, 4.69) is 26.1 Å². The van der Waals surface area contributed by atoms with Gasteiger partial charge in [-0.25, -0.2) is 9.97 Å². The Balaban J connectivity index is 1.40. The van der Waals surface area contributed by atoms with Gasteiger partial charge < -0.3 is 18.9 Å². The third kappa shape index (κ3) is 4.02. The van der Waals surface area contributed by atoms with E-state index in [9.17, 15) is 0 Å². The van der Waals surface area contributed by atoms with Gasteiger partial charge in [-0.1, -0.05) is 18.0 Å². The smallest absolute Gasteiger partial charge is 0.229 e. The second-order valence-electron chi connectivity index (χ2n) is 6.94. The first-order valence-corrected chi connectivity index (χ1v) is 9.31. The Labute approximate surface area is 152 Å². The van der Waals surface area contributed by atoms with Crippen LogP contribution in [0, 0.1) is 0 Å². The third-order valence-electron chi connectivity index (χ3n) is 5.05. The molecule has 3 heterocycles. The third-order valence-corrected chi connectivity index (χ3v) is 5.05. The fraction of sp³-hybridized carbons (Fsp3) is 0.667. The maximum atomic E-state index is 5.88. The molecule has 2 aromatic rings. The van der Waals surface area contributed by atoms with E-state index in [4.69, 9.17) is 19.0 Å². The molecule has 2 aromatic heterocycles. The Kier molecular flexibility index (Phi) is 5.40. The molecule has 2 fully saturated rings. The monoisotopic (exact) mass is 359 g/mol. The van der Waals surface area contributed by atoms with Crippen molar-refractivity contribution in [2.45, 2.75) is 50.7 Å². The average Bonchev–Trinajstić information content (AvgIpc) is 3.35. The van der Waals surface area contributed by atoms with Crippen molar-refractivity contribution in [3.63, 3.8) is 0 Å². The maximum Gasteiger partial charge on any atom is 0.229 e. The summed E-state index contributed by atoms with van der Waals surface area (Å²) in [5.74, 6) is 2.52. The van der Waals surface area contributed by atoms with Crippen LogP contribution in [0.5, 0.6) is 0 Å². The van der Waals surface area contributed by atoms with E-state index in [0.717, 1.165) is 19.0 Å². The predicted octanol–water partition coefficient (Wildman–Crippen LogP) is 2.11. The summed E-state index contributed by atoms with van der Waals surface area (Å²) >= 11 is 0. The van der Waals surface area contributed by atoms with Crippen molar-refractivity contribution in [3.8, 4) is 0 Å². The molecule has 140 valence electrons. The SMILES string of the molecule is COCc1noc(C[C@H]2CN(c3nccc(C4CCCC4)n3)CCO2)n1. The lowest BCUT2D eigenvalue weighted by molar-refractivity contribution is 0.0356. The normalized spacial score (nSPS) is 21.4. The molecule has 1 saturated heterocycles. The van der Waals surface area contributed by atoms with Gasteiger partial charge in [-0.15, -0.1) is 0 Å². The largest absolute Gasteiger partial charge is 0.377 e. The summed E-state index contributed by atoms with van der Waals surface area (Å²) in [4.78, 5) is 15.9. The molecule has 0 spiro atoms. The summed E-state index contributed by atoms with van der Waals surface area (Å²) in [6, 6.07) is 2.06. The molecule has 0 aromatic carbocycles. The van der Waals surface area contributed by atoms with E-state index in [1.807, 2.05) is 6.20 Å². The number of anilines is 1. The summed E-state index contributed by atoms with van der Waals surface area (Å²) in [5, 5.41) is 3.90. The van der Waals surface area contributed by atoms with Crippen molar-refractivity contribution >= 4 is 5.95 Å². The second-order valence-corrected chi connectivity index (χ2v) is 6.94. The molecule has 8 nitrogen and oxygen atoms in total. The van der Waals surface area contributed by atoms with Crippen molar-refractivity contribution in [1.82, 2.24) is 20.1 Å². The number of ether oxygens (including phenoxy) is 2. The van der Waals surface area contributed by atoms with Crippen LogP contribution in [0.4, 0.5) is 5.95 Å². The van der Waals surface area contributed by atoms with Crippen LogP contribution in [0.15, 0.2) is 16.8 Å². The van der Waals surface area contributed by atoms with Gasteiger partial charge in [-0.2, -0.15) is 4.98 Å². The Morgan fingerprint density at radius 2 is 2.15 bits per heavy atom. The number of rotatable bonds is 6. The Hall–Kier alpha value is -2.06. The Morgan fingerprint density at radius 1 is 1.27 bits per heavy atom. The summed E-state index contributed by atoms with van der Waals surface area (Å²) in [6.07, 6.45) is 7.54. The fourth-order valence-corrected chi connectivity index (χ4v) is 3.74. The molecule has 8 heteroatoms. The first kappa shape index (κ1) is 17.4. The van der Waals surface area contributed by atoms with Crippen LogP contribution in [-0.2, 0) is 22.5 Å². The van der Waals surface area contributed by atoms with Crippen molar-refractivity contribution in [1.29, 1.82) is 0 Å². The lowest BCUT2D eigenvalue weighted by Crippen LogP contribution is -2.44. The first-order chi connectivity index (χ1) is 12.8. The minimum Gasteiger partial charge on any atom is -0.377 e. The van der Waals surface area contributed by atoms with Gasteiger partial charge in [0.15, 0.2) is 5.82 Å². The minimum atomic E-state index is -0.0154. The topological polar surface area (TPSA) is 86.4 Å². The maximum absolute atomic E-state index is 5.88. The highest BCUT2D eigenvalue weighted by Crippen LogP contribution is 2.33. The zero-order valence-corrected chi connectivity index (χ0v) is 15.1. The number of aromatic nitrogens is 4. The van der Waals surface area contributed by atoms with E-state index in [0.29, 0.717) is 37.3 Å². The first-order valence-electron chi connectivity index (χ1n) is 9.31. The van der Waals surface area contributed by atoms with Gasteiger partial charge >= 0.3 is 0 Å². The van der Waals surface area contributed by atoms with Crippen LogP contribution in [-0.4, -0.2) is 53.0 Å². The van der Waals surface area contributed by atoms with Crippen molar-refractivity contribution in [2.75, 3.05) is 31.7 Å². The quantitative estimate of drug-likeness (QED) is 0.775. The Morgan fingerprint density at radius 3 is 3.00 bits per heavy atom. The molecular weight excluding hydrogens is 334 g/mol. The lowest BCUT2D eigenvalue weighted by Gasteiger charge is -2.32.